The molecule has 5 heteroatoms. The Morgan fingerprint density at radius 2 is 1.76 bits per heavy atom. The zero-order chi connectivity index (χ0) is 15.0. The number of hydrogen-bond donors (Lipinski definition) is 2. The Labute approximate surface area is 125 Å². The zero-order valence-electron chi connectivity index (χ0n) is 10.9. The molecule has 0 saturated carbocycles. The number of carbonyl (C=O) groups is 1. The Morgan fingerprint density at radius 1 is 1.10 bits per heavy atom. The van der Waals surface area contributed by atoms with Gasteiger partial charge in [-0.25, -0.2) is 9.78 Å². The van der Waals surface area contributed by atoms with Gasteiger partial charge in [-0.05, 0) is 18.2 Å². The number of pyridine rings is 1. The summed E-state index contributed by atoms with van der Waals surface area (Å²) in [6, 6.07) is 14.0. The van der Waals surface area contributed by atoms with Crippen molar-refractivity contribution in [3.8, 4) is 11.3 Å². The van der Waals surface area contributed by atoms with Crippen LogP contribution in [0.2, 0.25) is 5.02 Å². The number of benzene rings is 2. The lowest BCUT2D eigenvalue weighted by atomic mass is 10.0. The van der Waals surface area contributed by atoms with Crippen LogP contribution in [-0.2, 0) is 0 Å². The van der Waals surface area contributed by atoms with Crippen molar-refractivity contribution < 1.29 is 9.90 Å². The van der Waals surface area contributed by atoms with E-state index < -0.39 is 5.97 Å². The summed E-state index contributed by atoms with van der Waals surface area (Å²) in [7, 11) is 0. The second-order valence-electron chi connectivity index (χ2n) is 4.58. The molecular weight excluding hydrogens is 288 g/mol. The number of rotatable bonds is 2. The Hall–Kier alpha value is -2.59. The standard InChI is InChI=1S/C16H11ClN2O2/c17-10-7-5-9(6-8-10)15-14(18)13(16(20)21)11-3-1-2-4-12(11)19-15/h1-8H,18H2,(H,20,21). The molecule has 0 spiro atoms. The first kappa shape index (κ1) is 13.4. The fraction of sp³-hybridized carbons (Fsp3) is 0. The molecule has 2 aromatic carbocycles. The number of anilines is 1. The van der Waals surface area contributed by atoms with Crippen LogP contribution in [-0.4, -0.2) is 16.1 Å². The molecule has 3 aromatic rings. The molecule has 4 nitrogen and oxygen atoms in total. The molecular formula is C16H11ClN2O2. The Kier molecular flexibility index (Phi) is 3.23. The van der Waals surface area contributed by atoms with Gasteiger partial charge in [0, 0.05) is 16.0 Å². The SMILES string of the molecule is Nc1c(-c2ccc(Cl)cc2)nc2ccccc2c1C(=O)O. The quantitative estimate of drug-likeness (QED) is 0.753. The van der Waals surface area contributed by atoms with Crippen LogP contribution in [0, 0.1) is 0 Å². The minimum Gasteiger partial charge on any atom is -0.478 e. The van der Waals surface area contributed by atoms with Crippen LogP contribution in [0.4, 0.5) is 5.69 Å². The topological polar surface area (TPSA) is 76.2 Å². The highest BCUT2D eigenvalue weighted by atomic mass is 35.5. The van der Waals surface area contributed by atoms with Crippen molar-refractivity contribution in [2.24, 2.45) is 0 Å². The molecule has 0 atom stereocenters. The van der Waals surface area contributed by atoms with Gasteiger partial charge in [0.15, 0.2) is 0 Å². The van der Waals surface area contributed by atoms with Crippen LogP contribution in [0.1, 0.15) is 10.4 Å². The molecule has 1 heterocycles. The van der Waals surface area contributed by atoms with E-state index >= 15 is 0 Å². The fourth-order valence-corrected chi connectivity index (χ4v) is 2.41. The molecule has 0 bridgehead atoms. The summed E-state index contributed by atoms with van der Waals surface area (Å²) in [5.41, 5.74) is 8.04. The van der Waals surface area contributed by atoms with E-state index in [0.717, 1.165) is 5.56 Å². The predicted octanol–water partition coefficient (Wildman–Crippen LogP) is 3.84. The number of carboxylic acid groups (broad SMARTS) is 1. The van der Waals surface area contributed by atoms with Gasteiger partial charge in [0.1, 0.15) is 0 Å². The number of nitrogen functional groups attached to an aromatic ring is 1. The number of fused-ring (bicyclic) bond motifs is 1. The minimum absolute atomic E-state index is 0.0746. The number of nitrogens with two attached hydrogens (primary N) is 1. The molecule has 1 aromatic heterocycles. The van der Waals surface area contributed by atoms with Gasteiger partial charge in [0.25, 0.3) is 0 Å². The van der Waals surface area contributed by atoms with E-state index in [9.17, 15) is 9.90 Å². The maximum atomic E-state index is 11.5. The second-order valence-corrected chi connectivity index (χ2v) is 5.01. The molecule has 0 aliphatic rings. The Morgan fingerprint density at radius 3 is 2.43 bits per heavy atom. The molecule has 0 amide bonds. The number of para-hydroxylation sites is 1. The summed E-state index contributed by atoms with van der Waals surface area (Å²) in [6.45, 7) is 0. The van der Waals surface area contributed by atoms with Gasteiger partial charge in [0.05, 0.1) is 22.5 Å². The van der Waals surface area contributed by atoms with E-state index in [0.29, 0.717) is 21.6 Å². The Balaban J connectivity index is 2.36. The van der Waals surface area contributed by atoms with Crippen molar-refractivity contribution >= 4 is 34.2 Å². The average molecular weight is 299 g/mol. The zero-order valence-corrected chi connectivity index (χ0v) is 11.6. The molecule has 21 heavy (non-hydrogen) atoms. The third-order valence-corrected chi connectivity index (χ3v) is 3.51. The number of aromatic carboxylic acids is 1. The molecule has 104 valence electrons. The van der Waals surface area contributed by atoms with E-state index in [2.05, 4.69) is 4.98 Å². The third-order valence-electron chi connectivity index (χ3n) is 3.26. The van der Waals surface area contributed by atoms with E-state index in [1.807, 2.05) is 6.07 Å². The summed E-state index contributed by atoms with van der Waals surface area (Å²) in [6.07, 6.45) is 0. The van der Waals surface area contributed by atoms with Crippen molar-refractivity contribution in [3.05, 3.63) is 59.1 Å². The first-order chi connectivity index (χ1) is 10.1. The minimum atomic E-state index is -1.07. The maximum Gasteiger partial charge on any atom is 0.338 e. The van der Waals surface area contributed by atoms with Gasteiger partial charge in [-0.2, -0.15) is 0 Å². The van der Waals surface area contributed by atoms with Gasteiger partial charge in [-0.15, -0.1) is 0 Å². The smallest absolute Gasteiger partial charge is 0.338 e. The normalized spacial score (nSPS) is 10.7. The summed E-state index contributed by atoms with van der Waals surface area (Å²) >= 11 is 5.87. The lowest BCUT2D eigenvalue weighted by Gasteiger charge is -2.11. The molecule has 0 unspecified atom stereocenters. The van der Waals surface area contributed by atoms with Crippen LogP contribution in [0.25, 0.3) is 22.2 Å². The van der Waals surface area contributed by atoms with E-state index in [-0.39, 0.29) is 11.3 Å². The van der Waals surface area contributed by atoms with Crippen molar-refractivity contribution in [2.45, 2.75) is 0 Å². The first-order valence-corrected chi connectivity index (χ1v) is 6.63. The van der Waals surface area contributed by atoms with Gasteiger partial charge in [0.2, 0.25) is 0 Å². The van der Waals surface area contributed by atoms with E-state index in [1.54, 1.807) is 42.5 Å². The van der Waals surface area contributed by atoms with Gasteiger partial charge in [-0.1, -0.05) is 41.9 Å². The number of aromatic nitrogens is 1. The summed E-state index contributed by atoms with van der Waals surface area (Å²) in [4.78, 5) is 16.0. The first-order valence-electron chi connectivity index (χ1n) is 6.25. The highest BCUT2D eigenvalue weighted by molar-refractivity contribution is 6.30. The molecule has 3 rings (SSSR count). The number of nitrogens with zero attached hydrogens (tertiary/aromatic N) is 1. The van der Waals surface area contributed by atoms with Crippen LogP contribution < -0.4 is 5.73 Å². The molecule has 0 aliphatic carbocycles. The van der Waals surface area contributed by atoms with E-state index in [4.69, 9.17) is 17.3 Å². The molecule has 0 radical (unpaired) electrons. The summed E-state index contributed by atoms with van der Waals surface area (Å²) < 4.78 is 0. The van der Waals surface area contributed by atoms with Crippen LogP contribution in [0.3, 0.4) is 0 Å². The van der Waals surface area contributed by atoms with Crippen molar-refractivity contribution in [3.63, 3.8) is 0 Å². The second kappa shape index (κ2) is 5.07. The van der Waals surface area contributed by atoms with Crippen LogP contribution in [0.15, 0.2) is 48.5 Å². The lowest BCUT2D eigenvalue weighted by molar-refractivity contribution is 0.0700. The summed E-state index contributed by atoms with van der Waals surface area (Å²) in [5, 5.41) is 10.6. The van der Waals surface area contributed by atoms with Crippen molar-refractivity contribution in [2.75, 3.05) is 5.73 Å². The summed E-state index contributed by atoms with van der Waals surface area (Å²) in [5.74, 6) is -1.07. The maximum absolute atomic E-state index is 11.5. The number of carboxylic acids is 1. The monoisotopic (exact) mass is 298 g/mol. The van der Waals surface area contributed by atoms with Gasteiger partial charge >= 0.3 is 5.97 Å². The molecule has 0 saturated heterocycles. The van der Waals surface area contributed by atoms with Crippen molar-refractivity contribution in [1.29, 1.82) is 0 Å². The predicted molar refractivity (Wildman–Crippen MR) is 83.6 cm³/mol. The van der Waals surface area contributed by atoms with Gasteiger partial charge < -0.3 is 10.8 Å². The largest absolute Gasteiger partial charge is 0.478 e. The number of halogens is 1. The van der Waals surface area contributed by atoms with E-state index in [1.165, 1.54) is 0 Å². The van der Waals surface area contributed by atoms with Crippen LogP contribution in [0.5, 0.6) is 0 Å². The Bertz CT molecular complexity index is 845. The fourth-order valence-electron chi connectivity index (χ4n) is 2.28. The third kappa shape index (κ3) is 2.30. The van der Waals surface area contributed by atoms with Crippen molar-refractivity contribution in [1.82, 2.24) is 4.98 Å². The molecule has 0 aliphatic heterocycles. The highest BCUT2D eigenvalue weighted by Crippen LogP contribution is 2.32. The lowest BCUT2D eigenvalue weighted by Crippen LogP contribution is -2.07. The average Bonchev–Trinajstić information content (AvgIpc) is 2.47. The molecule has 3 N–H and O–H groups in total. The molecule has 0 fully saturated rings. The van der Waals surface area contributed by atoms with Crippen LogP contribution >= 0.6 is 11.6 Å². The van der Waals surface area contributed by atoms with Gasteiger partial charge in [-0.3, -0.25) is 0 Å². The number of hydrogen-bond acceptors (Lipinski definition) is 3. The highest BCUT2D eigenvalue weighted by Gasteiger charge is 2.18.